The van der Waals surface area contributed by atoms with Crippen LogP contribution in [0, 0.1) is 0 Å². The molecular formula is C22H26O6. The Bertz CT molecular complexity index is 693. The lowest BCUT2D eigenvalue weighted by molar-refractivity contribution is -0.147. The molecule has 0 N–H and O–H groups in total. The fourth-order valence-corrected chi connectivity index (χ4v) is 2.15. The summed E-state index contributed by atoms with van der Waals surface area (Å²) in [5.41, 5.74) is 2.38. The summed E-state index contributed by atoms with van der Waals surface area (Å²) in [7, 11) is 0. The van der Waals surface area contributed by atoms with Crippen molar-refractivity contribution in [3.8, 4) is 0 Å². The third-order valence-electron chi connectivity index (χ3n) is 3.83. The molecule has 28 heavy (non-hydrogen) atoms. The summed E-state index contributed by atoms with van der Waals surface area (Å²) >= 11 is 0. The molecule has 0 spiro atoms. The van der Waals surface area contributed by atoms with E-state index in [1.807, 2.05) is 24.3 Å². The number of carbonyl (C=O) groups is 3. The Balaban J connectivity index is 2.49. The monoisotopic (exact) mass is 386 g/mol. The molecule has 0 saturated heterocycles. The molecule has 0 fully saturated rings. The summed E-state index contributed by atoms with van der Waals surface area (Å²) in [5, 5.41) is 0. The summed E-state index contributed by atoms with van der Waals surface area (Å²) in [6, 6.07) is 7.42. The topological polar surface area (TPSA) is 78.9 Å². The lowest BCUT2D eigenvalue weighted by Gasteiger charge is -2.09. The summed E-state index contributed by atoms with van der Waals surface area (Å²) in [5.74, 6) is -2.04. The van der Waals surface area contributed by atoms with Gasteiger partial charge in [0.05, 0.1) is 18.8 Å². The van der Waals surface area contributed by atoms with Crippen molar-refractivity contribution in [1.82, 2.24) is 0 Å². The van der Waals surface area contributed by atoms with Gasteiger partial charge in [-0.05, 0) is 43.4 Å². The van der Waals surface area contributed by atoms with Crippen LogP contribution in [0.5, 0.6) is 0 Å². The molecule has 0 aliphatic rings. The fourth-order valence-electron chi connectivity index (χ4n) is 2.15. The van der Waals surface area contributed by atoms with E-state index in [4.69, 9.17) is 14.2 Å². The molecule has 0 aliphatic carbocycles. The molecule has 0 heterocycles. The highest BCUT2D eigenvalue weighted by molar-refractivity contribution is 6.13. The Labute approximate surface area is 165 Å². The second-order valence-corrected chi connectivity index (χ2v) is 5.89. The van der Waals surface area contributed by atoms with Gasteiger partial charge in [-0.2, -0.15) is 0 Å². The zero-order valence-corrected chi connectivity index (χ0v) is 16.4. The van der Waals surface area contributed by atoms with Crippen LogP contribution >= 0.6 is 0 Å². The normalized spacial score (nSPS) is 9.93. The van der Waals surface area contributed by atoms with Gasteiger partial charge in [0, 0.05) is 0 Å². The standard InChI is InChI=1S/C22H26O6/c1-6-26-20(23)16(4)15(3)8-9-18-10-12-19(13-11-18)14-28-22(25)17(5)21(24)27-7-2/h10-13H,3-9,14H2,1-2H3. The van der Waals surface area contributed by atoms with Crippen molar-refractivity contribution in [3.63, 3.8) is 0 Å². The molecule has 0 aromatic heterocycles. The van der Waals surface area contributed by atoms with Gasteiger partial charge in [-0.15, -0.1) is 0 Å². The number of ether oxygens (including phenoxy) is 3. The molecule has 150 valence electrons. The van der Waals surface area contributed by atoms with Crippen molar-refractivity contribution < 1.29 is 28.6 Å². The number of rotatable bonds is 11. The number of esters is 3. The van der Waals surface area contributed by atoms with Crippen LogP contribution in [0.4, 0.5) is 0 Å². The van der Waals surface area contributed by atoms with Crippen LogP contribution in [-0.4, -0.2) is 31.1 Å². The first kappa shape index (κ1) is 22.9. The molecule has 1 aromatic carbocycles. The highest BCUT2D eigenvalue weighted by Crippen LogP contribution is 2.16. The van der Waals surface area contributed by atoms with E-state index in [0.29, 0.717) is 25.0 Å². The van der Waals surface area contributed by atoms with Crippen LogP contribution in [0.15, 0.2) is 60.7 Å². The minimum atomic E-state index is -0.809. The van der Waals surface area contributed by atoms with Crippen LogP contribution < -0.4 is 0 Å². The number of carbonyl (C=O) groups excluding carboxylic acids is 3. The van der Waals surface area contributed by atoms with E-state index >= 15 is 0 Å². The molecule has 1 aromatic rings. The lowest BCUT2D eigenvalue weighted by atomic mass is 10.00. The highest BCUT2D eigenvalue weighted by Gasteiger charge is 2.18. The predicted octanol–water partition coefficient (Wildman–Crippen LogP) is 3.46. The van der Waals surface area contributed by atoms with Gasteiger partial charge in [-0.3, -0.25) is 0 Å². The average Bonchev–Trinajstić information content (AvgIpc) is 2.70. The van der Waals surface area contributed by atoms with Gasteiger partial charge in [-0.1, -0.05) is 44.0 Å². The van der Waals surface area contributed by atoms with Crippen molar-refractivity contribution in [3.05, 3.63) is 71.8 Å². The van der Waals surface area contributed by atoms with E-state index in [-0.39, 0.29) is 24.4 Å². The van der Waals surface area contributed by atoms with Crippen LogP contribution in [0.25, 0.3) is 0 Å². The second-order valence-electron chi connectivity index (χ2n) is 5.89. The minimum absolute atomic E-state index is 0.0178. The predicted molar refractivity (Wildman–Crippen MR) is 105 cm³/mol. The van der Waals surface area contributed by atoms with Gasteiger partial charge < -0.3 is 14.2 Å². The van der Waals surface area contributed by atoms with Crippen LogP contribution in [-0.2, 0) is 41.6 Å². The molecule has 1 rings (SSSR count). The van der Waals surface area contributed by atoms with E-state index in [1.165, 1.54) is 0 Å². The van der Waals surface area contributed by atoms with Crippen molar-refractivity contribution in [1.29, 1.82) is 0 Å². The maximum atomic E-state index is 11.8. The van der Waals surface area contributed by atoms with Crippen molar-refractivity contribution >= 4 is 17.9 Å². The van der Waals surface area contributed by atoms with Gasteiger partial charge >= 0.3 is 17.9 Å². The number of hydrogen-bond acceptors (Lipinski definition) is 6. The second kappa shape index (κ2) is 11.5. The average molecular weight is 386 g/mol. The maximum absolute atomic E-state index is 11.8. The minimum Gasteiger partial charge on any atom is -0.462 e. The van der Waals surface area contributed by atoms with Crippen molar-refractivity contribution in [2.75, 3.05) is 13.2 Å². The molecule has 0 bridgehead atoms. The molecule has 0 radical (unpaired) electrons. The Morgan fingerprint density at radius 2 is 1.21 bits per heavy atom. The zero-order valence-electron chi connectivity index (χ0n) is 16.4. The molecule has 0 aliphatic heterocycles. The summed E-state index contributed by atoms with van der Waals surface area (Å²) in [6.07, 6.45) is 1.25. The number of benzene rings is 1. The van der Waals surface area contributed by atoms with Crippen LogP contribution in [0.3, 0.4) is 0 Å². The third kappa shape index (κ3) is 7.23. The van der Waals surface area contributed by atoms with Crippen molar-refractivity contribution in [2.45, 2.75) is 33.3 Å². The van der Waals surface area contributed by atoms with Gasteiger partial charge in [0.15, 0.2) is 0 Å². The van der Waals surface area contributed by atoms with Crippen LogP contribution in [0.1, 0.15) is 31.4 Å². The molecule has 6 nitrogen and oxygen atoms in total. The number of hydrogen-bond donors (Lipinski definition) is 0. The summed E-state index contributed by atoms with van der Waals surface area (Å²) in [6.45, 7) is 14.8. The number of aryl methyl sites for hydroxylation is 1. The third-order valence-corrected chi connectivity index (χ3v) is 3.83. The molecule has 0 unspecified atom stereocenters. The zero-order chi connectivity index (χ0) is 21.1. The highest BCUT2D eigenvalue weighted by atomic mass is 16.6. The Hall–Kier alpha value is -3.15. The van der Waals surface area contributed by atoms with Gasteiger partial charge in [0.1, 0.15) is 12.2 Å². The summed E-state index contributed by atoms with van der Waals surface area (Å²) in [4.78, 5) is 34.8. The fraction of sp³-hybridized carbons (Fsp3) is 0.318. The lowest BCUT2D eigenvalue weighted by Crippen LogP contribution is -2.17. The molecular weight excluding hydrogens is 360 g/mol. The molecule has 6 heteroatoms. The Kier molecular flexibility index (Phi) is 9.43. The SMILES string of the molecule is C=C(CCc1ccc(COC(=O)C(=C)C(=O)OCC)cc1)C(=C)C(=O)OCC. The molecule has 0 amide bonds. The quantitative estimate of drug-likeness (QED) is 0.145. The largest absolute Gasteiger partial charge is 0.462 e. The smallest absolute Gasteiger partial charge is 0.345 e. The van der Waals surface area contributed by atoms with E-state index in [9.17, 15) is 14.4 Å². The first-order chi connectivity index (χ1) is 13.3. The first-order valence-electron chi connectivity index (χ1n) is 8.95. The molecule has 0 saturated carbocycles. The van der Waals surface area contributed by atoms with Gasteiger partial charge in [-0.25, -0.2) is 14.4 Å². The van der Waals surface area contributed by atoms with E-state index in [0.717, 1.165) is 11.1 Å². The van der Waals surface area contributed by atoms with E-state index in [1.54, 1.807) is 13.8 Å². The Morgan fingerprint density at radius 3 is 1.75 bits per heavy atom. The van der Waals surface area contributed by atoms with Gasteiger partial charge in [0.2, 0.25) is 0 Å². The molecule has 0 atom stereocenters. The summed E-state index contributed by atoms with van der Waals surface area (Å²) < 4.78 is 14.7. The van der Waals surface area contributed by atoms with Crippen molar-refractivity contribution in [2.24, 2.45) is 0 Å². The maximum Gasteiger partial charge on any atom is 0.345 e. The van der Waals surface area contributed by atoms with Gasteiger partial charge in [0.25, 0.3) is 0 Å². The van der Waals surface area contributed by atoms with Crippen LogP contribution in [0.2, 0.25) is 0 Å². The Morgan fingerprint density at radius 1 is 0.750 bits per heavy atom. The first-order valence-corrected chi connectivity index (χ1v) is 8.95. The van der Waals surface area contributed by atoms with E-state index < -0.39 is 17.9 Å². The van der Waals surface area contributed by atoms with E-state index in [2.05, 4.69) is 19.7 Å².